The molecule has 2 N–H and O–H groups in total. The summed E-state index contributed by atoms with van der Waals surface area (Å²) in [7, 11) is 3.07. The molecule has 2 amide bonds. The summed E-state index contributed by atoms with van der Waals surface area (Å²) in [6.45, 7) is 0.287. The molecule has 0 saturated carbocycles. The average molecular weight is 270 g/mol. The van der Waals surface area contributed by atoms with Crippen LogP contribution in [0.3, 0.4) is 0 Å². The van der Waals surface area contributed by atoms with Crippen molar-refractivity contribution < 1.29 is 19.4 Å². The number of likely N-dealkylation sites (N-methyl/N-ethyl adjacent to an activating group) is 1. The zero-order valence-corrected chi connectivity index (χ0v) is 10.5. The van der Waals surface area contributed by atoms with Gasteiger partial charge in [-0.05, 0) is 5.21 Å². The number of nitrogens with zero attached hydrogens (tertiary/aromatic N) is 5. The van der Waals surface area contributed by atoms with Crippen LogP contribution in [0.5, 0.6) is 0 Å². The number of anilines is 1. The maximum atomic E-state index is 11.9. The largest absolute Gasteiger partial charge is 0.481 e. The van der Waals surface area contributed by atoms with E-state index in [2.05, 4.69) is 20.7 Å². The number of carbonyl (C=O) groups is 2. The molecular weight excluding hydrogens is 256 g/mol. The lowest BCUT2D eigenvalue weighted by atomic mass is 10.0. The van der Waals surface area contributed by atoms with Crippen molar-refractivity contribution in [2.75, 3.05) is 25.6 Å². The van der Waals surface area contributed by atoms with Gasteiger partial charge in [-0.3, -0.25) is 10.1 Å². The predicted molar refractivity (Wildman–Crippen MR) is 61.3 cm³/mol. The highest BCUT2D eigenvalue weighted by molar-refractivity contribution is 5.88. The number of carboxylic acid groups (broad SMARTS) is 1. The van der Waals surface area contributed by atoms with E-state index < -0.39 is 24.0 Å². The standard InChI is InChI=1S/C9H14N6O4/c1-14(6-4-19-3-5(6)7(16)17)9(18)10-8-11-13-15(2)12-8/h5-6H,3-4H2,1-2H3,(H,16,17)(H,10,12,18). The number of aliphatic carboxylic acids is 1. The fourth-order valence-corrected chi connectivity index (χ4v) is 1.83. The summed E-state index contributed by atoms with van der Waals surface area (Å²) in [5.74, 6) is -1.66. The summed E-state index contributed by atoms with van der Waals surface area (Å²) in [6.07, 6.45) is 0. The molecule has 1 aromatic rings. The molecule has 10 nitrogen and oxygen atoms in total. The van der Waals surface area contributed by atoms with Crippen LogP contribution < -0.4 is 5.32 Å². The van der Waals surface area contributed by atoms with Crippen LogP contribution in [0.25, 0.3) is 0 Å². The minimum atomic E-state index is -0.986. The molecule has 2 atom stereocenters. The van der Waals surface area contributed by atoms with E-state index in [4.69, 9.17) is 9.84 Å². The summed E-state index contributed by atoms with van der Waals surface area (Å²) >= 11 is 0. The molecular formula is C9H14N6O4. The van der Waals surface area contributed by atoms with Gasteiger partial charge in [-0.15, -0.1) is 5.10 Å². The second kappa shape index (κ2) is 5.18. The Morgan fingerprint density at radius 2 is 2.26 bits per heavy atom. The van der Waals surface area contributed by atoms with Crippen molar-refractivity contribution >= 4 is 17.9 Å². The SMILES string of the molecule is CN(C(=O)Nc1nnn(C)n1)C1COCC1C(=O)O. The van der Waals surface area contributed by atoms with Gasteiger partial charge in [-0.1, -0.05) is 5.10 Å². The van der Waals surface area contributed by atoms with Crippen molar-refractivity contribution in [1.82, 2.24) is 25.1 Å². The molecule has 1 aliphatic rings. The van der Waals surface area contributed by atoms with Crippen molar-refractivity contribution in [1.29, 1.82) is 0 Å². The number of urea groups is 1. The first-order valence-corrected chi connectivity index (χ1v) is 5.57. The van der Waals surface area contributed by atoms with Crippen LogP contribution in [0, 0.1) is 5.92 Å². The second-order valence-corrected chi connectivity index (χ2v) is 4.19. The number of amides is 2. The number of nitrogens with one attached hydrogen (secondary N) is 1. The quantitative estimate of drug-likeness (QED) is 0.705. The Labute approximate surface area is 108 Å². The Kier molecular flexibility index (Phi) is 3.60. The first-order valence-electron chi connectivity index (χ1n) is 5.57. The Morgan fingerprint density at radius 1 is 1.53 bits per heavy atom. The second-order valence-electron chi connectivity index (χ2n) is 4.19. The average Bonchev–Trinajstić information content (AvgIpc) is 2.97. The number of carboxylic acids is 1. The Morgan fingerprint density at radius 3 is 2.84 bits per heavy atom. The van der Waals surface area contributed by atoms with E-state index in [1.807, 2.05) is 0 Å². The molecule has 19 heavy (non-hydrogen) atoms. The van der Waals surface area contributed by atoms with Crippen molar-refractivity contribution in [2.24, 2.45) is 13.0 Å². The molecule has 1 saturated heterocycles. The van der Waals surface area contributed by atoms with Gasteiger partial charge in [0.2, 0.25) is 0 Å². The number of hydrogen-bond donors (Lipinski definition) is 2. The van der Waals surface area contributed by atoms with Crippen molar-refractivity contribution in [3.63, 3.8) is 0 Å². The smallest absolute Gasteiger partial charge is 0.324 e. The van der Waals surface area contributed by atoms with Crippen LogP contribution in [0.4, 0.5) is 10.7 Å². The predicted octanol–water partition coefficient (Wildman–Crippen LogP) is -1.23. The third-order valence-electron chi connectivity index (χ3n) is 2.91. The number of carbonyl (C=O) groups excluding carboxylic acids is 1. The number of ether oxygens (including phenoxy) is 1. The molecule has 0 radical (unpaired) electrons. The van der Waals surface area contributed by atoms with Crippen LogP contribution in [0.1, 0.15) is 0 Å². The molecule has 2 heterocycles. The van der Waals surface area contributed by atoms with Gasteiger partial charge in [0.05, 0.1) is 26.3 Å². The molecule has 104 valence electrons. The highest BCUT2D eigenvalue weighted by Gasteiger charge is 2.38. The normalized spacial score (nSPS) is 22.2. The number of aryl methyl sites for hydroxylation is 1. The molecule has 2 unspecified atom stereocenters. The molecule has 1 aromatic heterocycles. The minimum absolute atomic E-state index is 0.0603. The van der Waals surface area contributed by atoms with E-state index in [1.165, 1.54) is 16.7 Å². The lowest BCUT2D eigenvalue weighted by molar-refractivity contribution is -0.142. The summed E-state index contributed by atoms with van der Waals surface area (Å²) < 4.78 is 5.11. The number of tetrazole rings is 1. The summed E-state index contributed by atoms with van der Waals surface area (Å²) in [4.78, 5) is 25.4. The third-order valence-corrected chi connectivity index (χ3v) is 2.91. The van der Waals surface area contributed by atoms with Gasteiger partial charge in [0.1, 0.15) is 5.92 Å². The topological polar surface area (TPSA) is 122 Å². The third kappa shape index (κ3) is 2.78. The molecule has 0 aliphatic carbocycles. The molecule has 0 spiro atoms. The molecule has 0 aromatic carbocycles. The van der Waals surface area contributed by atoms with E-state index >= 15 is 0 Å². The van der Waals surface area contributed by atoms with Crippen LogP contribution >= 0.6 is 0 Å². The van der Waals surface area contributed by atoms with Crippen molar-refractivity contribution in [2.45, 2.75) is 6.04 Å². The van der Waals surface area contributed by atoms with Crippen LogP contribution in [-0.2, 0) is 16.6 Å². The van der Waals surface area contributed by atoms with Crippen LogP contribution in [0.15, 0.2) is 0 Å². The van der Waals surface area contributed by atoms with E-state index in [0.29, 0.717) is 0 Å². The van der Waals surface area contributed by atoms with Crippen LogP contribution in [0.2, 0.25) is 0 Å². The summed E-state index contributed by atoms with van der Waals surface area (Å²) in [6, 6.07) is -1.02. The summed E-state index contributed by atoms with van der Waals surface area (Å²) in [5, 5.41) is 22.5. The monoisotopic (exact) mass is 270 g/mol. The lowest BCUT2D eigenvalue weighted by Gasteiger charge is -2.25. The van der Waals surface area contributed by atoms with Gasteiger partial charge in [0.15, 0.2) is 0 Å². The van der Waals surface area contributed by atoms with Gasteiger partial charge in [-0.2, -0.15) is 4.80 Å². The highest BCUT2D eigenvalue weighted by Crippen LogP contribution is 2.19. The first-order chi connectivity index (χ1) is 8.99. The highest BCUT2D eigenvalue weighted by atomic mass is 16.5. The molecule has 1 aliphatic heterocycles. The molecule has 2 rings (SSSR count). The van der Waals surface area contributed by atoms with Crippen molar-refractivity contribution in [3.8, 4) is 0 Å². The van der Waals surface area contributed by atoms with Crippen LogP contribution in [-0.4, -0.2) is 68.5 Å². The molecule has 0 bridgehead atoms. The van der Waals surface area contributed by atoms with Gasteiger partial charge in [0.25, 0.3) is 5.95 Å². The van der Waals surface area contributed by atoms with Gasteiger partial charge in [0, 0.05) is 7.05 Å². The lowest BCUT2D eigenvalue weighted by Crippen LogP contribution is -2.46. The van der Waals surface area contributed by atoms with Gasteiger partial charge in [-0.25, -0.2) is 4.79 Å². The Bertz CT molecular complexity index is 489. The molecule has 1 fully saturated rings. The van der Waals surface area contributed by atoms with Gasteiger partial charge < -0.3 is 14.7 Å². The fraction of sp³-hybridized carbons (Fsp3) is 0.667. The summed E-state index contributed by atoms with van der Waals surface area (Å²) in [5.41, 5.74) is 0. The Hall–Kier alpha value is -2.23. The van der Waals surface area contributed by atoms with Crippen molar-refractivity contribution in [3.05, 3.63) is 0 Å². The Balaban J connectivity index is 2.00. The van der Waals surface area contributed by atoms with E-state index in [9.17, 15) is 9.59 Å². The maximum absolute atomic E-state index is 11.9. The maximum Gasteiger partial charge on any atom is 0.324 e. The van der Waals surface area contributed by atoms with Gasteiger partial charge >= 0.3 is 12.0 Å². The number of hydrogen-bond acceptors (Lipinski definition) is 6. The fourth-order valence-electron chi connectivity index (χ4n) is 1.83. The first kappa shape index (κ1) is 13.2. The number of aromatic nitrogens is 4. The minimum Gasteiger partial charge on any atom is -0.481 e. The molecule has 10 heteroatoms. The van der Waals surface area contributed by atoms with E-state index in [-0.39, 0.29) is 19.2 Å². The zero-order chi connectivity index (χ0) is 14.0. The zero-order valence-electron chi connectivity index (χ0n) is 10.5. The number of rotatable bonds is 3. The van der Waals surface area contributed by atoms with E-state index in [1.54, 1.807) is 7.05 Å². The van der Waals surface area contributed by atoms with E-state index in [0.717, 1.165) is 0 Å².